The van der Waals surface area contributed by atoms with E-state index in [1.807, 2.05) is 13.8 Å². The number of ether oxygens (including phenoxy) is 1. The van der Waals surface area contributed by atoms with Crippen molar-refractivity contribution < 1.29 is 28.8 Å². The number of methoxy groups -OCH3 is 1. The molecule has 0 fully saturated rings. The van der Waals surface area contributed by atoms with E-state index in [0.717, 1.165) is 7.11 Å². The molecule has 128 valence electrons. The van der Waals surface area contributed by atoms with Gasteiger partial charge in [-0.1, -0.05) is 31.0 Å². The maximum absolute atomic E-state index is 12.3. The molecule has 8 heteroatoms. The summed E-state index contributed by atoms with van der Waals surface area (Å²) in [6, 6.07) is 5.12. The third kappa shape index (κ3) is 3.53. The highest BCUT2D eigenvalue weighted by Gasteiger charge is 2.40. The average molecular weight is 334 g/mol. The van der Waals surface area contributed by atoms with Crippen LogP contribution in [0.3, 0.4) is 0 Å². The summed E-state index contributed by atoms with van der Waals surface area (Å²) in [4.78, 5) is 53.0. The molecule has 8 nitrogen and oxygen atoms in total. The van der Waals surface area contributed by atoms with Gasteiger partial charge in [-0.3, -0.25) is 9.59 Å². The second kappa shape index (κ2) is 7.12. The molecule has 0 spiro atoms. The molecule has 0 unspecified atom stereocenters. The molecular weight excluding hydrogens is 316 g/mol. The minimum atomic E-state index is -1.04. The lowest BCUT2D eigenvalue weighted by atomic mass is 10.0. The molecule has 1 aromatic carbocycles. The third-order valence-electron chi connectivity index (χ3n) is 3.41. The number of rotatable bonds is 5. The zero-order valence-corrected chi connectivity index (χ0v) is 13.6. The van der Waals surface area contributed by atoms with E-state index in [2.05, 4.69) is 10.1 Å². The van der Waals surface area contributed by atoms with Crippen molar-refractivity contribution in [2.75, 3.05) is 7.11 Å². The van der Waals surface area contributed by atoms with Gasteiger partial charge >= 0.3 is 12.1 Å². The van der Waals surface area contributed by atoms with Gasteiger partial charge in [-0.2, -0.15) is 0 Å². The van der Waals surface area contributed by atoms with E-state index in [0.29, 0.717) is 5.06 Å². The SMILES string of the molecule is COC(=O)N[C@@H](CC(C)C)C(=O)ON1C(=O)c2ccccc2C1=O. The molecule has 0 aromatic heterocycles. The van der Waals surface area contributed by atoms with E-state index in [-0.39, 0.29) is 23.5 Å². The predicted octanol–water partition coefficient (Wildman–Crippen LogP) is 1.51. The summed E-state index contributed by atoms with van der Waals surface area (Å²) < 4.78 is 4.47. The van der Waals surface area contributed by atoms with Crippen molar-refractivity contribution in [3.8, 4) is 0 Å². The molecule has 1 N–H and O–H groups in total. The number of hydroxylamine groups is 2. The van der Waals surface area contributed by atoms with Crippen LogP contribution in [0.4, 0.5) is 4.79 Å². The van der Waals surface area contributed by atoms with Crippen LogP contribution >= 0.6 is 0 Å². The molecule has 1 aliphatic rings. The minimum absolute atomic E-state index is 0.0573. The van der Waals surface area contributed by atoms with Crippen LogP contribution in [0, 0.1) is 5.92 Å². The lowest BCUT2D eigenvalue weighted by Gasteiger charge is -2.20. The van der Waals surface area contributed by atoms with Gasteiger partial charge in [0.1, 0.15) is 6.04 Å². The van der Waals surface area contributed by atoms with Gasteiger partial charge in [0, 0.05) is 0 Å². The van der Waals surface area contributed by atoms with E-state index in [9.17, 15) is 19.2 Å². The predicted molar refractivity (Wildman–Crippen MR) is 81.8 cm³/mol. The fourth-order valence-corrected chi connectivity index (χ4v) is 2.29. The molecule has 3 amide bonds. The van der Waals surface area contributed by atoms with Gasteiger partial charge in [-0.25, -0.2) is 9.59 Å². The maximum Gasteiger partial charge on any atom is 0.407 e. The number of hydrogen-bond donors (Lipinski definition) is 1. The molecule has 0 radical (unpaired) electrons. The third-order valence-corrected chi connectivity index (χ3v) is 3.41. The lowest BCUT2D eigenvalue weighted by Crippen LogP contribution is -2.46. The standard InChI is InChI=1S/C16H18N2O6/c1-9(2)8-12(17-16(22)23-3)15(21)24-18-13(19)10-6-4-5-7-11(10)14(18)20/h4-7,9,12H,8H2,1-3H3,(H,17,22)/t12-/m0/s1. The van der Waals surface area contributed by atoms with Crippen molar-refractivity contribution in [2.24, 2.45) is 5.92 Å². The summed E-state index contributed by atoms with van der Waals surface area (Å²) >= 11 is 0. The lowest BCUT2D eigenvalue weighted by molar-refractivity contribution is -0.171. The summed E-state index contributed by atoms with van der Waals surface area (Å²) in [5, 5.41) is 2.75. The van der Waals surface area contributed by atoms with Crippen LogP contribution in [0.25, 0.3) is 0 Å². The van der Waals surface area contributed by atoms with Crippen molar-refractivity contribution in [3.63, 3.8) is 0 Å². The number of fused-ring (bicyclic) bond motifs is 1. The Hall–Kier alpha value is -2.90. The van der Waals surface area contributed by atoms with Crippen LogP contribution in [-0.2, 0) is 14.4 Å². The largest absolute Gasteiger partial charge is 0.453 e. The second-order valence-corrected chi connectivity index (χ2v) is 5.68. The number of alkyl carbamates (subject to hydrolysis) is 1. The van der Waals surface area contributed by atoms with Crippen molar-refractivity contribution >= 4 is 23.9 Å². The Morgan fingerprint density at radius 1 is 1.12 bits per heavy atom. The fourth-order valence-electron chi connectivity index (χ4n) is 2.29. The molecule has 0 bridgehead atoms. The Bertz CT molecular complexity index is 650. The van der Waals surface area contributed by atoms with E-state index in [1.54, 1.807) is 12.1 Å². The fraction of sp³-hybridized carbons (Fsp3) is 0.375. The molecule has 1 heterocycles. The first-order chi connectivity index (χ1) is 11.3. The molecular formula is C16H18N2O6. The second-order valence-electron chi connectivity index (χ2n) is 5.68. The van der Waals surface area contributed by atoms with Gasteiger partial charge < -0.3 is 14.9 Å². The number of amides is 3. The molecule has 0 aliphatic carbocycles. The van der Waals surface area contributed by atoms with Gasteiger partial charge in [0.15, 0.2) is 0 Å². The van der Waals surface area contributed by atoms with E-state index in [4.69, 9.17) is 4.84 Å². The van der Waals surface area contributed by atoms with Crippen molar-refractivity contribution in [3.05, 3.63) is 35.4 Å². The highest BCUT2D eigenvalue weighted by atomic mass is 16.7. The van der Waals surface area contributed by atoms with Crippen LogP contribution in [0.1, 0.15) is 41.0 Å². The number of carbonyl (C=O) groups is 4. The molecule has 24 heavy (non-hydrogen) atoms. The van der Waals surface area contributed by atoms with Crippen LogP contribution in [0.5, 0.6) is 0 Å². The molecule has 1 aliphatic heterocycles. The summed E-state index contributed by atoms with van der Waals surface area (Å²) in [6.07, 6.45) is -0.545. The summed E-state index contributed by atoms with van der Waals surface area (Å²) in [6.45, 7) is 3.70. The average Bonchev–Trinajstić information content (AvgIpc) is 2.79. The van der Waals surface area contributed by atoms with E-state index >= 15 is 0 Å². The number of imide groups is 1. The zero-order chi connectivity index (χ0) is 17.9. The topological polar surface area (TPSA) is 102 Å². The summed E-state index contributed by atoms with van der Waals surface area (Å²) in [5.41, 5.74) is 0.327. The smallest absolute Gasteiger partial charge is 0.407 e. The maximum atomic E-state index is 12.3. The first-order valence-electron chi connectivity index (χ1n) is 7.39. The van der Waals surface area contributed by atoms with Crippen LogP contribution in [0.2, 0.25) is 0 Å². The molecule has 1 aromatic rings. The van der Waals surface area contributed by atoms with Gasteiger partial charge in [-0.05, 0) is 24.5 Å². The molecule has 2 rings (SSSR count). The van der Waals surface area contributed by atoms with E-state index in [1.165, 1.54) is 12.1 Å². The van der Waals surface area contributed by atoms with Gasteiger partial charge in [0.05, 0.1) is 18.2 Å². The van der Waals surface area contributed by atoms with Gasteiger partial charge in [0.25, 0.3) is 11.8 Å². The number of hydrogen-bond acceptors (Lipinski definition) is 6. The monoisotopic (exact) mass is 334 g/mol. The molecule has 0 saturated carbocycles. The van der Waals surface area contributed by atoms with Crippen LogP contribution in [0.15, 0.2) is 24.3 Å². The first-order valence-corrected chi connectivity index (χ1v) is 7.39. The number of nitrogens with zero attached hydrogens (tertiary/aromatic N) is 1. The molecule has 1 atom stereocenters. The van der Waals surface area contributed by atoms with Crippen molar-refractivity contribution in [2.45, 2.75) is 26.3 Å². The van der Waals surface area contributed by atoms with Crippen LogP contribution < -0.4 is 5.32 Å². The summed E-state index contributed by atoms with van der Waals surface area (Å²) in [5.74, 6) is -2.29. The number of nitrogens with one attached hydrogen (secondary N) is 1. The Labute approximate surface area is 138 Å². The summed E-state index contributed by atoms with van der Waals surface area (Å²) in [7, 11) is 1.16. The van der Waals surface area contributed by atoms with E-state index < -0.39 is 29.9 Å². The minimum Gasteiger partial charge on any atom is -0.453 e. The Morgan fingerprint density at radius 2 is 1.67 bits per heavy atom. The number of benzene rings is 1. The number of carbonyl (C=O) groups excluding carboxylic acids is 4. The molecule has 0 saturated heterocycles. The van der Waals surface area contributed by atoms with Gasteiger partial charge in [-0.15, -0.1) is 0 Å². The first kappa shape index (κ1) is 17.5. The quantitative estimate of drug-likeness (QED) is 0.819. The van der Waals surface area contributed by atoms with Crippen molar-refractivity contribution in [1.29, 1.82) is 0 Å². The van der Waals surface area contributed by atoms with Crippen molar-refractivity contribution in [1.82, 2.24) is 10.4 Å². The van der Waals surface area contributed by atoms with Gasteiger partial charge in [0.2, 0.25) is 0 Å². The highest BCUT2D eigenvalue weighted by molar-refractivity contribution is 6.20. The van der Waals surface area contributed by atoms with Crippen LogP contribution in [-0.4, -0.2) is 42.1 Å². The zero-order valence-electron chi connectivity index (χ0n) is 13.6. The Morgan fingerprint density at radius 3 is 2.12 bits per heavy atom. The Kier molecular flexibility index (Phi) is 5.18. The highest BCUT2D eigenvalue weighted by Crippen LogP contribution is 2.23. The normalized spacial score (nSPS) is 14.4. The Balaban J connectivity index is 2.14.